The molecule has 0 bridgehead atoms. The number of likely N-dealkylation sites (N-methyl/N-ethyl adjacent to an activating group) is 1. The molecular formula is C23H29NO2S. The van der Waals surface area contributed by atoms with Gasteiger partial charge >= 0.3 is 5.97 Å². The van der Waals surface area contributed by atoms with Crippen LogP contribution in [0.4, 0.5) is 0 Å². The molecule has 2 atom stereocenters. The Balaban J connectivity index is 1.92. The number of fused-ring (bicyclic) bond motifs is 1. The molecule has 0 aromatic heterocycles. The summed E-state index contributed by atoms with van der Waals surface area (Å²) in [6.07, 6.45) is 1.93. The molecule has 0 fully saturated rings. The number of hydrogen-bond donors (Lipinski definition) is 1. The molecule has 3 nitrogen and oxygen atoms in total. The van der Waals surface area contributed by atoms with Crippen LogP contribution >= 0.6 is 11.8 Å². The predicted molar refractivity (Wildman–Crippen MR) is 113 cm³/mol. The SMILES string of the molecule is C[C@@H](C(=O)O)N(C)CCCC1(c2ccccc2)SC(C)(C)c2ccccc21. The van der Waals surface area contributed by atoms with Crippen LogP contribution in [0, 0.1) is 0 Å². The highest BCUT2D eigenvalue weighted by molar-refractivity contribution is 8.01. The van der Waals surface area contributed by atoms with Crippen LogP contribution in [0.3, 0.4) is 0 Å². The third-order valence-corrected chi connectivity index (χ3v) is 7.48. The topological polar surface area (TPSA) is 40.5 Å². The Morgan fingerprint density at radius 3 is 2.30 bits per heavy atom. The van der Waals surface area contributed by atoms with Crippen molar-refractivity contribution in [2.75, 3.05) is 13.6 Å². The summed E-state index contributed by atoms with van der Waals surface area (Å²) in [6.45, 7) is 7.13. The van der Waals surface area contributed by atoms with Crippen LogP contribution in [-0.2, 0) is 14.3 Å². The first-order chi connectivity index (χ1) is 12.8. The predicted octanol–water partition coefficient (Wildman–Crippen LogP) is 5.10. The monoisotopic (exact) mass is 383 g/mol. The zero-order valence-corrected chi connectivity index (χ0v) is 17.4. The van der Waals surface area contributed by atoms with Crippen LogP contribution in [0.5, 0.6) is 0 Å². The second kappa shape index (κ2) is 7.69. The summed E-state index contributed by atoms with van der Waals surface area (Å²) in [4.78, 5) is 13.2. The van der Waals surface area contributed by atoms with E-state index in [1.165, 1.54) is 16.7 Å². The van der Waals surface area contributed by atoms with E-state index in [2.05, 4.69) is 68.4 Å². The first-order valence-corrected chi connectivity index (χ1v) is 10.4. The average molecular weight is 384 g/mol. The molecule has 2 aromatic rings. The summed E-state index contributed by atoms with van der Waals surface area (Å²) in [7, 11) is 1.90. The molecule has 2 aromatic carbocycles. The van der Waals surface area contributed by atoms with E-state index in [1.807, 2.05) is 23.7 Å². The molecule has 0 saturated heterocycles. The van der Waals surface area contributed by atoms with E-state index in [1.54, 1.807) is 6.92 Å². The molecule has 3 rings (SSSR count). The Hall–Kier alpha value is -1.78. The zero-order chi connectivity index (χ0) is 19.7. The van der Waals surface area contributed by atoms with Gasteiger partial charge in [-0.05, 0) is 63.9 Å². The lowest BCUT2D eigenvalue weighted by Crippen LogP contribution is -2.37. The molecule has 0 saturated carbocycles. The fraction of sp³-hybridized carbons (Fsp3) is 0.435. The van der Waals surface area contributed by atoms with Crippen LogP contribution in [0.1, 0.15) is 50.3 Å². The first-order valence-electron chi connectivity index (χ1n) is 9.57. The van der Waals surface area contributed by atoms with E-state index >= 15 is 0 Å². The Morgan fingerprint density at radius 2 is 1.67 bits per heavy atom. The van der Waals surface area contributed by atoms with Gasteiger partial charge in [0.15, 0.2) is 0 Å². The van der Waals surface area contributed by atoms with Crippen molar-refractivity contribution in [2.45, 2.75) is 49.1 Å². The van der Waals surface area contributed by atoms with Gasteiger partial charge in [-0.2, -0.15) is 0 Å². The normalized spacial score (nSPS) is 21.8. The van der Waals surface area contributed by atoms with Gasteiger partial charge in [-0.15, -0.1) is 11.8 Å². The van der Waals surface area contributed by atoms with Gasteiger partial charge < -0.3 is 5.11 Å². The third kappa shape index (κ3) is 3.78. The van der Waals surface area contributed by atoms with E-state index in [9.17, 15) is 9.90 Å². The Bertz CT molecular complexity index is 805. The van der Waals surface area contributed by atoms with Crippen LogP contribution in [-0.4, -0.2) is 35.6 Å². The molecule has 1 unspecified atom stereocenters. The number of carbonyl (C=O) groups is 1. The Morgan fingerprint density at radius 1 is 1.07 bits per heavy atom. The highest BCUT2D eigenvalue weighted by Gasteiger charge is 2.48. The van der Waals surface area contributed by atoms with Crippen molar-refractivity contribution in [3.63, 3.8) is 0 Å². The minimum absolute atomic E-state index is 0.0483. The molecule has 0 radical (unpaired) electrons. The number of aliphatic carboxylic acids is 1. The molecule has 0 aliphatic carbocycles. The van der Waals surface area contributed by atoms with Gasteiger partial charge in [0.05, 0.1) is 4.75 Å². The minimum atomic E-state index is -0.767. The molecule has 1 heterocycles. The van der Waals surface area contributed by atoms with E-state index in [0.29, 0.717) is 0 Å². The van der Waals surface area contributed by atoms with Crippen LogP contribution in [0.25, 0.3) is 0 Å². The first kappa shape index (κ1) is 20.0. The number of carboxylic acid groups (broad SMARTS) is 1. The van der Waals surface area contributed by atoms with E-state index in [4.69, 9.17) is 0 Å². The summed E-state index contributed by atoms with van der Waals surface area (Å²) in [5.41, 5.74) is 4.15. The number of thioether (sulfide) groups is 1. The molecule has 1 N–H and O–H groups in total. The molecule has 0 spiro atoms. The summed E-state index contributed by atoms with van der Waals surface area (Å²) in [5.74, 6) is -0.767. The van der Waals surface area contributed by atoms with Gasteiger partial charge in [0, 0.05) is 4.75 Å². The van der Waals surface area contributed by atoms with Gasteiger partial charge in [-0.25, -0.2) is 0 Å². The maximum absolute atomic E-state index is 11.2. The van der Waals surface area contributed by atoms with Crippen molar-refractivity contribution in [2.24, 2.45) is 0 Å². The van der Waals surface area contributed by atoms with Gasteiger partial charge in [0.25, 0.3) is 0 Å². The Labute approximate surface area is 166 Å². The van der Waals surface area contributed by atoms with Crippen molar-refractivity contribution in [1.82, 2.24) is 4.90 Å². The standard InChI is InChI=1S/C23H29NO2S/c1-17(21(25)26)24(4)16-10-15-23(18-11-6-5-7-12-18)20-14-9-8-13-19(20)22(2,3)27-23/h5-9,11-14,17H,10,15-16H2,1-4H3,(H,25,26)/t17-,23?/m0/s1. The van der Waals surface area contributed by atoms with E-state index in [-0.39, 0.29) is 9.49 Å². The lowest BCUT2D eigenvalue weighted by atomic mass is 9.82. The lowest BCUT2D eigenvalue weighted by Gasteiger charge is -2.33. The fourth-order valence-corrected chi connectivity index (χ4v) is 6.06. The van der Waals surface area contributed by atoms with Crippen molar-refractivity contribution in [3.8, 4) is 0 Å². The minimum Gasteiger partial charge on any atom is -0.480 e. The number of hydrogen-bond acceptors (Lipinski definition) is 3. The molecule has 4 heteroatoms. The van der Waals surface area contributed by atoms with Crippen molar-refractivity contribution in [1.29, 1.82) is 0 Å². The number of nitrogens with zero attached hydrogens (tertiary/aromatic N) is 1. The van der Waals surface area contributed by atoms with Gasteiger partial charge in [0.2, 0.25) is 0 Å². The second-order valence-electron chi connectivity index (χ2n) is 7.95. The average Bonchev–Trinajstić information content (AvgIpc) is 2.90. The summed E-state index contributed by atoms with van der Waals surface area (Å²) >= 11 is 2.03. The lowest BCUT2D eigenvalue weighted by molar-refractivity contribution is -0.142. The largest absolute Gasteiger partial charge is 0.480 e. The molecule has 144 valence electrons. The smallest absolute Gasteiger partial charge is 0.320 e. The molecule has 1 aliphatic rings. The highest BCUT2D eigenvalue weighted by atomic mass is 32.2. The fourth-order valence-electron chi connectivity index (χ4n) is 4.12. The summed E-state index contributed by atoms with van der Waals surface area (Å²) in [5, 5.41) is 9.24. The number of rotatable bonds is 7. The van der Waals surface area contributed by atoms with Crippen molar-refractivity contribution >= 4 is 17.7 Å². The summed E-state index contributed by atoms with van der Waals surface area (Å²) < 4.78 is -0.0403. The van der Waals surface area contributed by atoms with Gasteiger partial charge in [0.1, 0.15) is 6.04 Å². The summed E-state index contributed by atoms with van der Waals surface area (Å²) in [6, 6.07) is 19.1. The molecular weight excluding hydrogens is 354 g/mol. The quantitative estimate of drug-likeness (QED) is 0.722. The second-order valence-corrected chi connectivity index (χ2v) is 9.87. The van der Waals surface area contributed by atoms with Crippen molar-refractivity contribution < 1.29 is 9.90 Å². The van der Waals surface area contributed by atoms with E-state index < -0.39 is 12.0 Å². The molecule has 27 heavy (non-hydrogen) atoms. The van der Waals surface area contributed by atoms with Gasteiger partial charge in [-0.1, -0.05) is 54.6 Å². The highest BCUT2D eigenvalue weighted by Crippen LogP contribution is 2.62. The molecule has 0 amide bonds. The van der Waals surface area contributed by atoms with Crippen LogP contribution < -0.4 is 0 Å². The van der Waals surface area contributed by atoms with E-state index in [0.717, 1.165) is 19.4 Å². The van der Waals surface area contributed by atoms with Crippen LogP contribution in [0.15, 0.2) is 54.6 Å². The third-order valence-electron chi connectivity index (χ3n) is 5.74. The van der Waals surface area contributed by atoms with Gasteiger partial charge in [-0.3, -0.25) is 9.69 Å². The number of carboxylic acids is 1. The maximum atomic E-state index is 11.2. The van der Waals surface area contributed by atoms with Crippen LogP contribution in [0.2, 0.25) is 0 Å². The molecule has 1 aliphatic heterocycles. The van der Waals surface area contributed by atoms with Crippen molar-refractivity contribution in [3.05, 3.63) is 71.3 Å². The zero-order valence-electron chi connectivity index (χ0n) is 16.6. The number of benzene rings is 2. The Kier molecular flexibility index (Phi) is 5.68. The maximum Gasteiger partial charge on any atom is 0.320 e.